The summed E-state index contributed by atoms with van der Waals surface area (Å²) >= 11 is 0. The van der Waals surface area contributed by atoms with Gasteiger partial charge in [-0.2, -0.15) is 0 Å². The van der Waals surface area contributed by atoms with Crippen molar-refractivity contribution in [2.75, 3.05) is 39.5 Å². The summed E-state index contributed by atoms with van der Waals surface area (Å²) in [5, 5.41) is 3.27. The average molecular weight is 217 g/mol. The number of rotatable bonds is 12. The molecular formula is C12H27NO2. The van der Waals surface area contributed by atoms with Crippen LogP contribution in [0, 0.1) is 0 Å². The van der Waals surface area contributed by atoms with Crippen LogP contribution in [0.2, 0.25) is 0 Å². The summed E-state index contributed by atoms with van der Waals surface area (Å²) < 4.78 is 10.7. The first-order valence-corrected chi connectivity index (χ1v) is 6.28. The second kappa shape index (κ2) is 13.9. The molecule has 0 rings (SSSR count). The molecule has 0 radical (unpaired) electrons. The minimum absolute atomic E-state index is 0.799. The molecule has 1 N–H and O–H groups in total. The molecule has 0 saturated carbocycles. The third-order valence-electron chi connectivity index (χ3n) is 2.19. The Kier molecular flexibility index (Phi) is 13.8. The van der Waals surface area contributed by atoms with Crippen molar-refractivity contribution in [1.29, 1.82) is 0 Å². The molecule has 0 atom stereocenters. The number of unbranched alkanes of at least 4 members (excludes halogenated alkanes) is 3. The van der Waals surface area contributed by atoms with Crippen LogP contribution in [-0.2, 0) is 9.47 Å². The van der Waals surface area contributed by atoms with Gasteiger partial charge in [-0.15, -0.1) is 0 Å². The van der Waals surface area contributed by atoms with Gasteiger partial charge in [0, 0.05) is 26.3 Å². The van der Waals surface area contributed by atoms with Gasteiger partial charge in [0.15, 0.2) is 0 Å². The van der Waals surface area contributed by atoms with E-state index in [0.29, 0.717) is 0 Å². The van der Waals surface area contributed by atoms with Crippen LogP contribution in [0.4, 0.5) is 0 Å². The van der Waals surface area contributed by atoms with Gasteiger partial charge in [-0.3, -0.25) is 0 Å². The van der Waals surface area contributed by atoms with E-state index in [1.54, 1.807) is 0 Å². The zero-order valence-electron chi connectivity index (χ0n) is 10.4. The predicted octanol–water partition coefficient (Wildman–Crippen LogP) is 2.21. The van der Waals surface area contributed by atoms with E-state index in [2.05, 4.69) is 12.2 Å². The Morgan fingerprint density at radius 3 is 2.20 bits per heavy atom. The number of ether oxygens (including phenoxy) is 2. The highest BCUT2D eigenvalue weighted by Gasteiger charge is 1.90. The summed E-state index contributed by atoms with van der Waals surface area (Å²) in [6, 6.07) is 0. The molecule has 0 aromatic rings. The Hall–Kier alpha value is -0.120. The Bertz CT molecular complexity index is 97.8. The fraction of sp³-hybridized carbons (Fsp3) is 1.00. The average Bonchev–Trinajstić information content (AvgIpc) is 2.26. The minimum Gasteiger partial charge on any atom is -0.380 e. The molecule has 92 valence electrons. The summed E-state index contributed by atoms with van der Waals surface area (Å²) in [7, 11) is 0. The van der Waals surface area contributed by atoms with E-state index in [0.717, 1.165) is 39.5 Å². The first kappa shape index (κ1) is 14.9. The van der Waals surface area contributed by atoms with Gasteiger partial charge < -0.3 is 14.8 Å². The lowest BCUT2D eigenvalue weighted by atomic mass is 10.2. The van der Waals surface area contributed by atoms with Gasteiger partial charge in [-0.25, -0.2) is 0 Å². The lowest BCUT2D eigenvalue weighted by Crippen LogP contribution is -2.24. The highest BCUT2D eigenvalue weighted by atomic mass is 16.5. The first-order chi connectivity index (χ1) is 7.41. The normalized spacial score (nSPS) is 10.8. The van der Waals surface area contributed by atoms with E-state index < -0.39 is 0 Å². The summed E-state index contributed by atoms with van der Waals surface area (Å²) in [6.07, 6.45) is 5.12. The molecule has 0 unspecified atom stereocenters. The lowest BCUT2D eigenvalue weighted by molar-refractivity contribution is 0.123. The Balaban J connectivity index is 2.81. The lowest BCUT2D eigenvalue weighted by Gasteiger charge is -2.06. The molecule has 0 aliphatic heterocycles. The maximum Gasteiger partial charge on any atom is 0.0590 e. The Labute approximate surface area is 94.5 Å². The fourth-order valence-electron chi connectivity index (χ4n) is 1.29. The molecule has 3 nitrogen and oxygen atoms in total. The van der Waals surface area contributed by atoms with Crippen molar-refractivity contribution in [2.45, 2.75) is 39.5 Å². The van der Waals surface area contributed by atoms with E-state index in [4.69, 9.17) is 9.47 Å². The molecule has 15 heavy (non-hydrogen) atoms. The SMILES string of the molecule is CCCCCCOCCNCCOCC. The van der Waals surface area contributed by atoms with Crippen molar-refractivity contribution in [3.8, 4) is 0 Å². The molecule has 0 amide bonds. The molecule has 0 aliphatic rings. The van der Waals surface area contributed by atoms with Crippen LogP contribution >= 0.6 is 0 Å². The summed E-state index contributed by atoms with van der Waals surface area (Å²) in [5.74, 6) is 0. The van der Waals surface area contributed by atoms with Gasteiger partial charge in [-0.1, -0.05) is 26.2 Å². The standard InChI is InChI=1S/C12H27NO2/c1-3-5-6-7-10-15-12-9-13-8-11-14-4-2/h13H,3-12H2,1-2H3. The Morgan fingerprint density at radius 2 is 1.53 bits per heavy atom. The fourth-order valence-corrected chi connectivity index (χ4v) is 1.29. The van der Waals surface area contributed by atoms with E-state index >= 15 is 0 Å². The molecule has 3 heteroatoms. The van der Waals surface area contributed by atoms with Gasteiger partial charge in [0.1, 0.15) is 0 Å². The minimum atomic E-state index is 0.799. The Morgan fingerprint density at radius 1 is 0.800 bits per heavy atom. The molecule has 0 fully saturated rings. The van der Waals surface area contributed by atoms with E-state index in [-0.39, 0.29) is 0 Å². The van der Waals surface area contributed by atoms with E-state index in [1.807, 2.05) is 6.92 Å². The second-order valence-electron chi connectivity index (χ2n) is 3.62. The van der Waals surface area contributed by atoms with Crippen molar-refractivity contribution in [2.24, 2.45) is 0 Å². The maximum absolute atomic E-state index is 5.48. The van der Waals surface area contributed by atoms with Crippen molar-refractivity contribution in [3.63, 3.8) is 0 Å². The molecular weight excluding hydrogens is 190 g/mol. The van der Waals surface area contributed by atoms with Gasteiger partial charge >= 0.3 is 0 Å². The third kappa shape index (κ3) is 13.9. The topological polar surface area (TPSA) is 30.5 Å². The quantitative estimate of drug-likeness (QED) is 0.508. The van der Waals surface area contributed by atoms with Crippen LogP contribution in [0.5, 0.6) is 0 Å². The summed E-state index contributed by atoms with van der Waals surface area (Å²) in [4.78, 5) is 0. The number of hydrogen-bond acceptors (Lipinski definition) is 3. The van der Waals surface area contributed by atoms with Gasteiger partial charge in [0.25, 0.3) is 0 Å². The van der Waals surface area contributed by atoms with Crippen LogP contribution in [0.3, 0.4) is 0 Å². The predicted molar refractivity (Wildman–Crippen MR) is 64.3 cm³/mol. The van der Waals surface area contributed by atoms with Gasteiger partial charge in [0.2, 0.25) is 0 Å². The van der Waals surface area contributed by atoms with E-state index in [9.17, 15) is 0 Å². The van der Waals surface area contributed by atoms with Crippen LogP contribution in [-0.4, -0.2) is 39.5 Å². The highest BCUT2D eigenvalue weighted by molar-refractivity contribution is 4.45. The smallest absolute Gasteiger partial charge is 0.0590 e. The number of nitrogens with one attached hydrogen (secondary N) is 1. The van der Waals surface area contributed by atoms with Crippen molar-refractivity contribution >= 4 is 0 Å². The maximum atomic E-state index is 5.48. The van der Waals surface area contributed by atoms with Crippen LogP contribution in [0.25, 0.3) is 0 Å². The molecule has 0 aromatic heterocycles. The zero-order chi connectivity index (χ0) is 11.2. The van der Waals surface area contributed by atoms with E-state index in [1.165, 1.54) is 25.7 Å². The molecule has 0 saturated heterocycles. The molecule has 0 spiro atoms. The first-order valence-electron chi connectivity index (χ1n) is 6.28. The van der Waals surface area contributed by atoms with Crippen molar-refractivity contribution < 1.29 is 9.47 Å². The van der Waals surface area contributed by atoms with Gasteiger partial charge in [0.05, 0.1) is 13.2 Å². The van der Waals surface area contributed by atoms with Crippen LogP contribution in [0.1, 0.15) is 39.5 Å². The van der Waals surface area contributed by atoms with Crippen LogP contribution in [0.15, 0.2) is 0 Å². The highest BCUT2D eigenvalue weighted by Crippen LogP contribution is 1.98. The summed E-state index contributed by atoms with van der Waals surface area (Å²) in [6.45, 7) is 9.42. The molecule has 0 bridgehead atoms. The molecule has 0 aromatic carbocycles. The largest absolute Gasteiger partial charge is 0.380 e. The van der Waals surface area contributed by atoms with Gasteiger partial charge in [-0.05, 0) is 13.3 Å². The van der Waals surface area contributed by atoms with Crippen molar-refractivity contribution in [1.82, 2.24) is 5.32 Å². The molecule has 0 aliphatic carbocycles. The third-order valence-corrected chi connectivity index (χ3v) is 2.19. The zero-order valence-corrected chi connectivity index (χ0v) is 10.4. The number of hydrogen-bond donors (Lipinski definition) is 1. The summed E-state index contributed by atoms with van der Waals surface area (Å²) in [5.41, 5.74) is 0. The van der Waals surface area contributed by atoms with Crippen molar-refractivity contribution in [3.05, 3.63) is 0 Å². The molecule has 0 heterocycles. The van der Waals surface area contributed by atoms with Crippen LogP contribution < -0.4 is 5.32 Å². The second-order valence-corrected chi connectivity index (χ2v) is 3.62. The monoisotopic (exact) mass is 217 g/mol.